The van der Waals surface area contributed by atoms with Crippen molar-refractivity contribution in [2.75, 3.05) is 25.9 Å². The molecule has 0 atom stereocenters. The molecule has 1 aromatic rings. The number of hydrogen-bond donors (Lipinski definition) is 1. The standard InChI is InChI=1S/C12H17FN2O3S/c1-18-12-10(13)7-9(8-11(12)14)19(16,17)15-5-3-2-4-6-15/h7-8H,2-6,14H2,1H3. The molecule has 0 radical (unpaired) electrons. The summed E-state index contributed by atoms with van der Waals surface area (Å²) in [7, 11) is -2.39. The van der Waals surface area contributed by atoms with Crippen LogP contribution in [0.25, 0.3) is 0 Å². The van der Waals surface area contributed by atoms with E-state index in [1.807, 2.05) is 0 Å². The molecule has 1 aromatic carbocycles. The molecular formula is C12H17FN2O3S. The number of halogens is 1. The Hall–Kier alpha value is -1.34. The third-order valence-electron chi connectivity index (χ3n) is 3.20. The van der Waals surface area contributed by atoms with Crippen molar-refractivity contribution in [2.24, 2.45) is 0 Å². The van der Waals surface area contributed by atoms with Crippen molar-refractivity contribution in [3.63, 3.8) is 0 Å². The summed E-state index contributed by atoms with van der Waals surface area (Å²) in [5, 5.41) is 0. The molecule has 1 aliphatic rings. The molecular weight excluding hydrogens is 271 g/mol. The molecule has 0 aromatic heterocycles. The molecule has 2 N–H and O–H groups in total. The van der Waals surface area contributed by atoms with Crippen LogP contribution in [0.4, 0.5) is 10.1 Å². The van der Waals surface area contributed by atoms with E-state index in [-0.39, 0.29) is 16.3 Å². The topological polar surface area (TPSA) is 72.6 Å². The molecule has 1 saturated heterocycles. The fourth-order valence-corrected chi connectivity index (χ4v) is 3.77. The minimum Gasteiger partial charge on any atom is -0.492 e. The minimum absolute atomic E-state index is 0.0157. The van der Waals surface area contributed by atoms with Gasteiger partial charge in [0, 0.05) is 13.1 Å². The first-order valence-corrected chi connectivity index (χ1v) is 7.54. The Labute approximate surface area is 112 Å². The first-order valence-electron chi connectivity index (χ1n) is 6.10. The van der Waals surface area contributed by atoms with Gasteiger partial charge in [-0.3, -0.25) is 0 Å². The summed E-state index contributed by atoms with van der Waals surface area (Å²) in [6.45, 7) is 0.936. The summed E-state index contributed by atoms with van der Waals surface area (Å²) in [5.41, 5.74) is 5.60. The summed E-state index contributed by atoms with van der Waals surface area (Å²) in [4.78, 5) is -0.120. The van der Waals surface area contributed by atoms with Gasteiger partial charge in [0.05, 0.1) is 17.7 Å². The van der Waals surface area contributed by atoms with Gasteiger partial charge in [-0.05, 0) is 25.0 Å². The molecule has 7 heteroatoms. The highest BCUT2D eigenvalue weighted by molar-refractivity contribution is 7.89. The molecule has 106 valence electrons. The van der Waals surface area contributed by atoms with Crippen LogP contribution in [0.15, 0.2) is 17.0 Å². The largest absolute Gasteiger partial charge is 0.492 e. The van der Waals surface area contributed by atoms with Crippen LogP contribution in [-0.2, 0) is 10.0 Å². The van der Waals surface area contributed by atoms with E-state index in [1.54, 1.807) is 0 Å². The lowest BCUT2D eigenvalue weighted by Crippen LogP contribution is -2.35. The molecule has 2 rings (SSSR count). The van der Waals surface area contributed by atoms with Crippen molar-refractivity contribution >= 4 is 15.7 Å². The second kappa shape index (κ2) is 5.34. The number of rotatable bonds is 3. The summed E-state index contributed by atoms with van der Waals surface area (Å²) < 4.78 is 44.6. The zero-order valence-electron chi connectivity index (χ0n) is 10.7. The maximum Gasteiger partial charge on any atom is 0.243 e. The number of nitrogens with two attached hydrogens (primary N) is 1. The molecule has 1 heterocycles. The van der Waals surface area contributed by atoms with E-state index in [9.17, 15) is 12.8 Å². The Morgan fingerprint density at radius 1 is 1.26 bits per heavy atom. The van der Waals surface area contributed by atoms with E-state index in [0.29, 0.717) is 13.1 Å². The second-order valence-corrected chi connectivity index (χ2v) is 6.43. The predicted octanol–water partition coefficient (Wildman–Crippen LogP) is 1.59. The number of anilines is 1. The van der Waals surface area contributed by atoms with Crippen LogP contribution in [0.2, 0.25) is 0 Å². The van der Waals surface area contributed by atoms with Gasteiger partial charge in [0.15, 0.2) is 11.6 Å². The quantitative estimate of drug-likeness (QED) is 0.857. The summed E-state index contributed by atoms with van der Waals surface area (Å²) in [6, 6.07) is 2.20. The van der Waals surface area contributed by atoms with E-state index in [1.165, 1.54) is 17.5 Å². The molecule has 0 spiro atoms. The van der Waals surface area contributed by atoms with Gasteiger partial charge in [-0.2, -0.15) is 4.31 Å². The van der Waals surface area contributed by atoms with Gasteiger partial charge in [0.25, 0.3) is 0 Å². The Morgan fingerprint density at radius 2 is 1.89 bits per heavy atom. The van der Waals surface area contributed by atoms with Crippen molar-refractivity contribution in [1.29, 1.82) is 0 Å². The zero-order chi connectivity index (χ0) is 14.0. The zero-order valence-corrected chi connectivity index (χ0v) is 11.5. The van der Waals surface area contributed by atoms with E-state index in [2.05, 4.69) is 0 Å². The van der Waals surface area contributed by atoms with Gasteiger partial charge in [0.1, 0.15) is 0 Å². The summed E-state index contributed by atoms with van der Waals surface area (Å²) in [5.74, 6) is -0.893. The van der Waals surface area contributed by atoms with Crippen LogP contribution in [0.3, 0.4) is 0 Å². The number of sulfonamides is 1. The third kappa shape index (κ3) is 2.66. The third-order valence-corrected chi connectivity index (χ3v) is 5.08. The number of nitrogens with zero attached hydrogens (tertiary/aromatic N) is 1. The molecule has 5 nitrogen and oxygen atoms in total. The molecule has 1 fully saturated rings. The first kappa shape index (κ1) is 14.1. The maximum atomic E-state index is 13.7. The van der Waals surface area contributed by atoms with Gasteiger partial charge in [-0.15, -0.1) is 0 Å². The van der Waals surface area contributed by atoms with Crippen molar-refractivity contribution in [1.82, 2.24) is 4.31 Å². The number of piperidine rings is 1. The molecule has 0 unspecified atom stereocenters. The Morgan fingerprint density at radius 3 is 2.42 bits per heavy atom. The van der Waals surface area contributed by atoms with E-state index in [4.69, 9.17) is 10.5 Å². The van der Waals surface area contributed by atoms with Gasteiger partial charge in [-0.1, -0.05) is 6.42 Å². The lowest BCUT2D eigenvalue weighted by molar-refractivity contribution is 0.346. The van der Waals surface area contributed by atoms with Crippen LogP contribution in [0.5, 0.6) is 5.75 Å². The van der Waals surface area contributed by atoms with Crippen molar-refractivity contribution in [3.8, 4) is 5.75 Å². The molecule has 0 aliphatic carbocycles. The first-order chi connectivity index (χ1) is 8.96. The Kier molecular flexibility index (Phi) is 3.96. The van der Waals surface area contributed by atoms with Crippen LogP contribution in [0, 0.1) is 5.82 Å². The predicted molar refractivity (Wildman–Crippen MR) is 70.0 cm³/mol. The lowest BCUT2D eigenvalue weighted by atomic mass is 10.2. The van der Waals surface area contributed by atoms with Gasteiger partial charge < -0.3 is 10.5 Å². The van der Waals surface area contributed by atoms with Crippen LogP contribution in [0.1, 0.15) is 19.3 Å². The smallest absolute Gasteiger partial charge is 0.243 e. The Balaban J connectivity index is 2.40. The SMILES string of the molecule is COc1c(N)cc(S(=O)(=O)N2CCCCC2)cc1F. The fourth-order valence-electron chi connectivity index (χ4n) is 2.21. The normalized spacial score (nSPS) is 17.4. The van der Waals surface area contributed by atoms with Gasteiger partial charge in [-0.25, -0.2) is 12.8 Å². The van der Waals surface area contributed by atoms with E-state index in [0.717, 1.165) is 25.3 Å². The van der Waals surface area contributed by atoms with Crippen LogP contribution in [-0.4, -0.2) is 32.9 Å². The van der Waals surface area contributed by atoms with Crippen LogP contribution >= 0.6 is 0 Å². The number of nitrogen functional groups attached to an aromatic ring is 1. The maximum absolute atomic E-state index is 13.7. The molecule has 19 heavy (non-hydrogen) atoms. The molecule has 0 bridgehead atoms. The highest BCUT2D eigenvalue weighted by Crippen LogP contribution is 2.30. The lowest BCUT2D eigenvalue weighted by Gasteiger charge is -2.26. The minimum atomic E-state index is -3.67. The molecule has 0 saturated carbocycles. The fraction of sp³-hybridized carbons (Fsp3) is 0.500. The molecule has 0 amide bonds. The van der Waals surface area contributed by atoms with Gasteiger partial charge in [0.2, 0.25) is 10.0 Å². The van der Waals surface area contributed by atoms with E-state index >= 15 is 0 Å². The van der Waals surface area contributed by atoms with E-state index < -0.39 is 15.8 Å². The summed E-state index contributed by atoms with van der Waals surface area (Å²) in [6.07, 6.45) is 2.67. The van der Waals surface area contributed by atoms with Crippen LogP contribution < -0.4 is 10.5 Å². The summed E-state index contributed by atoms with van der Waals surface area (Å²) >= 11 is 0. The molecule has 1 aliphatic heterocycles. The van der Waals surface area contributed by atoms with Crippen molar-refractivity contribution < 1.29 is 17.5 Å². The highest BCUT2D eigenvalue weighted by atomic mass is 32.2. The number of ether oxygens (including phenoxy) is 1. The van der Waals surface area contributed by atoms with Crippen molar-refractivity contribution in [2.45, 2.75) is 24.2 Å². The number of benzene rings is 1. The van der Waals surface area contributed by atoms with Gasteiger partial charge >= 0.3 is 0 Å². The highest BCUT2D eigenvalue weighted by Gasteiger charge is 2.27. The number of methoxy groups -OCH3 is 1. The average Bonchev–Trinajstić information content (AvgIpc) is 2.39. The average molecular weight is 288 g/mol. The second-order valence-electron chi connectivity index (χ2n) is 4.49. The monoisotopic (exact) mass is 288 g/mol. The van der Waals surface area contributed by atoms with Crippen molar-refractivity contribution in [3.05, 3.63) is 17.9 Å². The Bertz CT molecular complexity index is 545. The number of hydrogen-bond acceptors (Lipinski definition) is 4.